The Morgan fingerprint density at radius 2 is 1.66 bits per heavy atom. The number of anilines is 1. The van der Waals surface area contributed by atoms with Gasteiger partial charge in [0.1, 0.15) is 0 Å². The minimum atomic E-state index is 0.0417. The Hall–Kier alpha value is -3.06. The van der Waals surface area contributed by atoms with Crippen molar-refractivity contribution in [2.45, 2.75) is 12.8 Å². The summed E-state index contributed by atoms with van der Waals surface area (Å²) in [5.74, 6) is 0.908. The number of thiophene rings is 1. The molecule has 1 aliphatic rings. The van der Waals surface area contributed by atoms with Crippen LogP contribution in [0.25, 0.3) is 11.3 Å². The number of carbonyl (C=O) groups is 2. The normalized spacial score (nSPS) is 14.1. The zero-order chi connectivity index (χ0) is 20.1. The molecule has 29 heavy (non-hydrogen) atoms. The van der Waals surface area contributed by atoms with Crippen molar-refractivity contribution in [3.63, 3.8) is 0 Å². The summed E-state index contributed by atoms with van der Waals surface area (Å²) in [5, 5.41) is 10.6. The van der Waals surface area contributed by atoms with Crippen molar-refractivity contribution in [1.82, 2.24) is 15.1 Å². The molecule has 0 radical (unpaired) electrons. The van der Waals surface area contributed by atoms with Crippen LogP contribution < -0.4 is 4.90 Å². The van der Waals surface area contributed by atoms with Gasteiger partial charge in [-0.3, -0.25) is 9.59 Å². The van der Waals surface area contributed by atoms with Gasteiger partial charge < -0.3 is 9.80 Å². The molecule has 2 aromatic heterocycles. The summed E-state index contributed by atoms with van der Waals surface area (Å²) in [6, 6.07) is 17.6. The van der Waals surface area contributed by atoms with E-state index in [-0.39, 0.29) is 24.5 Å². The van der Waals surface area contributed by atoms with E-state index >= 15 is 0 Å². The van der Waals surface area contributed by atoms with E-state index in [0.29, 0.717) is 26.2 Å². The number of carbonyl (C=O) groups excluding carboxylic acids is 2. The predicted octanol–water partition coefficient (Wildman–Crippen LogP) is 3.52. The quantitative estimate of drug-likeness (QED) is 0.586. The van der Waals surface area contributed by atoms with E-state index in [1.807, 2.05) is 58.8 Å². The van der Waals surface area contributed by atoms with Crippen LogP contribution in [-0.2, 0) is 4.79 Å². The summed E-state index contributed by atoms with van der Waals surface area (Å²) < 4.78 is 0. The Labute approximate surface area is 173 Å². The van der Waals surface area contributed by atoms with Gasteiger partial charge in [0.05, 0.1) is 10.6 Å². The lowest BCUT2D eigenvalue weighted by Crippen LogP contribution is -2.49. The van der Waals surface area contributed by atoms with E-state index in [4.69, 9.17) is 0 Å². The van der Waals surface area contributed by atoms with Crippen molar-refractivity contribution in [1.29, 1.82) is 0 Å². The van der Waals surface area contributed by atoms with Crippen LogP contribution in [0, 0.1) is 0 Å². The third-order valence-corrected chi connectivity index (χ3v) is 5.95. The Morgan fingerprint density at radius 1 is 0.862 bits per heavy atom. The third-order valence-electron chi connectivity index (χ3n) is 5.04. The fourth-order valence-corrected chi connectivity index (χ4v) is 4.08. The SMILES string of the molecule is O=C(CCC(=O)N1CCN(c2ccc(-c3ccccc3)nn2)CC1)c1cccs1. The summed E-state index contributed by atoms with van der Waals surface area (Å²) in [6.07, 6.45) is 0.536. The zero-order valence-electron chi connectivity index (χ0n) is 16.0. The number of hydrogen-bond donors (Lipinski definition) is 0. The molecular formula is C22H22N4O2S. The Bertz CT molecular complexity index is 950. The monoisotopic (exact) mass is 406 g/mol. The molecule has 3 heterocycles. The van der Waals surface area contributed by atoms with E-state index in [2.05, 4.69) is 15.1 Å². The third kappa shape index (κ3) is 4.68. The second-order valence-electron chi connectivity index (χ2n) is 6.91. The second kappa shape index (κ2) is 8.96. The molecule has 0 N–H and O–H groups in total. The molecular weight excluding hydrogens is 384 g/mol. The molecule has 1 saturated heterocycles. The van der Waals surface area contributed by atoms with Gasteiger partial charge in [-0.2, -0.15) is 0 Å². The molecule has 7 heteroatoms. The number of hydrogen-bond acceptors (Lipinski definition) is 6. The first-order valence-electron chi connectivity index (χ1n) is 9.69. The van der Waals surface area contributed by atoms with Gasteiger partial charge in [0.2, 0.25) is 5.91 Å². The van der Waals surface area contributed by atoms with Crippen LogP contribution in [0.2, 0.25) is 0 Å². The number of nitrogens with zero attached hydrogens (tertiary/aromatic N) is 4. The smallest absolute Gasteiger partial charge is 0.223 e. The summed E-state index contributed by atoms with van der Waals surface area (Å²) in [6.45, 7) is 2.69. The predicted molar refractivity (Wildman–Crippen MR) is 114 cm³/mol. The molecule has 0 spiro atoms. The summed E-state index contributed by atoms with van der Waals surface area (Å²) >= 11 is 1.42. The molecule has 0 unspecified atom stereocenters. The first-order chi connectivity index (χ1) is 14.2. The molecule has 0 saturated carbocycles. The number of piperazine rings is 1. The van der Waals surface area contributed by atoms with Crippen LogP contribution >= 0.6 is 11.3 Å². The average Bonchev–Trinajstić information content (AvgIpc) is 3.33. The first-order valence-corrected chi connectivity index (χ1v) is 10.6. The van der Waals surface area contributed by atoms with Crippen molar-refractivity contribution in [2.24, 2.45) is 0 Å². The van der Waals surface area contributed by atoms with Gasteiger partial charge >= 0.3 is 0 Å². The number of rotatable bonds is 6. The number of ketones is 1. The minimum Gasteiger partial charge on any atom is -0.352 e. The lowest BCUT2D eigenvalue weighted by Gasteiger charge is -2.35. The minimum absolute atomic E-state index is 0.0417. The Morgan fingerprint density at radius 3 is 2.31 bits per heavy atom. The van der Waals surface area contributed by atoms with Gasteiger partial charge in [-0.15, -0.1) is 21.5 Å². The van der Waals surface area contributed by atoms with Gasteiger partial charge in [-0.25, -0.2) is 0 Å². The zero-order valence-corrected chi connectivity index (χ0v) is 16.8. The van der Waals surface area contributed by atoms with Crippen LogP contribution in [0.5, 0.6) is 0 Å². The van der Waals surface area contributed by atoms with Crippen molar-refractivity contribution in [3.8, 4) is 11.3 Å². The topological polar surface area (TPSA) is 66.4 Å². The standard InChI is InChI=1S/C22H22N4O2S/c27-19(20-7-4-16-29-20)9-11-22(28)26-14-12-25(13-15-26)21-10-8-18(23-24-21)17-5-2-1-3-6-17/h1-8,10,16H,9,11-15H2. The number of benzene rings is 1. The lowest BCUT2D eigenvalue weighted by molar-refractivity contribution is -0.131. The van der Waals surface area contributed by atoms with Crippen molar-refractivity contribution >= 4 is 28.8 Å². The highest BCUT2D eigenvalue weighted by Gasteiger charge is 2.22. The maximum absolute atomic E-state index is 12.4. The van der Waals surface area contributed by atoms with E-state index in [9.17, 15) is 9.59 Å². The number of Topliss-reactive ketones (excluding diaryl/α,β-unsaturated/α-hetero) is 1. The molecule has 0 bridgehead atoms. The number of aromatic nitrogens is 2. The van der Waals surface area contributed by atoms with Crippen LogP contribution in [-0.4, -0.2) is 53.0 Å². The molecule has 148 valence electrons. The van der Waals surface area contributed by atoms with Crippen LogP contribution in [0.3, 0.4) is 0 Å². The van der Waals surface area contributed by atoms with Gasteiger partial charge in [0.15, 0.2) is 11.6 Å². The molecule has 4 rings (SSSR count). The molecule has 1 fully saturated rings. The maximum atomic E-state index is 12.4. The van der Waals surface area contributed by atoms with E-state index < -0.39 is 0 Å². The maximum Gasteiger partial charge on any atom is 0.223 e. The molecule has 0 aliphatic carbocycles. The number of amides is 1. The van der Waals surface area contributed by atoms with E-state index in [1.54, 1.807) is 6.07 Å². The molecule has 3 aromatic rings. The van der Waals surface area contributed by atoms with Crippen LogP contribution in [0.4, 0.5) is 5.82 Å². The van der Waals surface area contributed by atoms with Crippen LogP contribution in [0.1, 0.15) is 22.5 Å². The highest BCUT2D eigenvalue weighted by Crippen LogP contribution is 2.19. The second-order valence-corrected chi connectivity index (χ2v) is 7.86. The van der Waals surface area contributed by atoms with E-state index in [0.717, 1.165) is 22.0 Å². The molecule has 1 aromatic carbocycles. The Kier molecular flexibility index (Phi) is 5.95. The van der Waals surface area contributed by atoms with E-state index in [1.165, 1.54) is 11.3 Å². The Balaban J connectivity index is 1.28. The average molecular weight is 407 g/mol. The molecule has 1 aliphatic heterocycles. The molecule has 1 amide bonds. The van der Waals surface area contributed by atoms with Crippen molar-refractivity contribution < 1.29 is 9.59 Å². The van der Waals surface area contributed by atoms with Gasteiger partial charge in [0.25, 0.3) is 0 Å². The highest BCUT2D eigenvalue weighted by atomic mass is 32.1. The first kappa shape index (κ1) is 19.3. The summed E-state index contributed by atoms with van der Waals surface area (Å²) in [7, 11) is 0. The molecule has 0 atom stereocenters. The summed E-state index contributed by atoms with van der Waals surface area (Å²) in [5.41, 5.74) is 1.89. The van der Waals surface area contributed by atoms with Gasteiger partial charge in [-0.1, -0.05) is 36.4 Å². The van der Waals surface area contributed by atoms with Gasteiger partial charge in [-0.05, 0) is 23.6 Å². The summed E-state index contributed by atoms with van der Waals surface area (Å²) in [4.78, 5) is 29.2. The highest BCUT2D eigenvalue weighted by molar-refractivity contribution is 7.12. The van der Waals surface area contributed by atoms with Crippen molar-refractivity contribution in [2.75, 3.05) is 31.1 Å². The molecule has 6 nitrogen and oxygen atoms in total. The lowest BCUT2D eigenvalue weighted by atomic mass is 10.1. The fourth-order valence-electron chi connectivity index (χ4n) is 3.38. The van der Waals surface area contributed by atoms with Crippen LogP contribution in [0.15, 0.2) is 60.0 Å². The fraction of sp³-hybridized carbons (Fsp3) is 0.273. The largest absolute Gasteiger partial charge is 0.352 e. The van der Waals surface area contributed by atoms with Crippen molar-refractivity contribution in [3.05, 3.63) is 64.9 Å². The van der Waals surface area contributed by atoms with Gasteiger partial charge in [0, 0.05) is 44.6 Å².